The molecule has 3 rings (SSSR count). The monoisotopic (exact) mass is 335 g/mol. The third-order valence-corrected chi connectivity index (χ3v) is 3.42. The Hall–Kier alpha value is -3.48. The fourth-order valence-electron chi connectivity index (χ4n) is 2.17. The molecule has 2 aromatic carbocycles. The van der Waals surface area contributed by atoms with Gasteiger partial charge in [-0.1, -0.05) is 23.8 Å². The summed E-state index contributed by atoms with van der Waals surface area (Å²) in [6.45, 7) is 2.02. The van der Waals surface area contributed by atoms with Crippen molar-refractivity contribution < 1.29 is 9.53 Å². The van der Waals surface area contributed by atoms with E-state index in [1.807, 2.05) is 37.3 Å². The predicted molar refractivity (Wildman–Crippen MR) is 95.4 cm³/mol. The SMILES string of the molecule is COC(=O)c1cccc(Nc2cnnc(Nc3ccc(C)cc3)n2)c1. The van der Waals surface area contributed by atoms with Gasteiger partial charge in [-0.3, -0.25) is 0 Å². The van der Waals surface area contributed by atoms with E-state index >= 15 is 0 Å². The zero-order valence-electron chi connectivity index (χ0n) is 13.9. The Balaban J connectivity index is 1.75. The summed E-state index contributed by atoms with van der Waals surface area (Å²) in [6.07, 6.45) is 1.51. The van der Waals surface area contributed by atoms with Gasteiger partial charge < -0.3 is 15.4 Å². The van der Waals surface area contributed by atoms with Gasteiger partial charge in [0.1, 0.15) is 0 Å². The average molecular weight is 335 g/mol. The van der Waals surface area contributed by atoms with Crippen LogP contribution < -0.4 is 10.6 Å². The molecule has 0 saturated carbocycles. The number of benzene rings is 2. The van der Waals surface area contributed by atoms with Gasteiger partial charge in [-0.05, 0) is 37.3 Å². The Bertz CT molecular complexity index is 881. The summed E-state index contributed by atoms with van der Waals surface area (Å²) in [6, 6.07) is 14.8. The van der Waals surface area contributed by atoms with E-state index in [2.05, 4.69) is 25.8 Å². The largest absolute Gasteiger partial charge is 0.465 e. The third kappa shape index (κ3) is 4.29. The molecule has 7 nitrogen and oxygen atoms in total. The van der Waals surface area contributed by atoms with E-state index in [-0.39, 0.29) is 0 Å². The van der Waals surface area contributed by atoms with Gasteiger partial charge in [0.2, 0.25) is 5.95 Å². The number of esters is 1. The van der Waals surface area contributed by atoms with Gasteiger partial charge >= 0.3 is 5.97 Å². The second kappa shape index (κ2) is 7.39. The first-order valence-electron chi connectivity index (χ1n) is 7.63. The van der Waals surface area contributed by atoms with Crippen molar-refractivity contribution >= 4 is 29.1 Å². The molecule has 1 aromatic heterocycles. The first-order chi connectivity index (χ1) is 12.1. The van der Waals surface area contributed by atoms with E-state index in [0.717, 1.165) is 5.69 Å². The lowest BCUT2D eigenvalue weighted by molar-refractivity contribution is 0.0601. The van der Waals surface area contributed by atoms with E-state index in [9.17, 15) is 4.79 Å². The van der Waals surface area contributed by atoms with E-state index < -0.39 is 5.97 Å². The van der Waals surface area contributed by atoms with Gasteiger partial charge in [0, 0.05) is 11.4 Å². The van der Waals surface area contributed by atoms with Gasteiger partial charge in [-0.15, -0.1) is 5.10 Å². The third-order valence-electron chi connectivity index (χ3n) is 3.42. The molecule has 1 heterocycles. The molecule has 0 spiro atoms. The van der Waals surface area contributed by atoms with Crippen LogP contribution in [0.1, 0.15) is 15.9 Å². The molecule has 0 saturated heterocycles. The van der Waals surface area contributed by atoms with Crippen LogP contribution in [0.4, 0.5) is 23.1 Å². The number of carbonyl (C=O) groups is 1. The number of nitrogens with zero attached hydrogens (tertiary/aromatic N) is 3. The maximum atomic E-state index is 11.6. The van der Waals surface area contributed by atoms with Gasteiger partial charge in [0.25, 0.3) is 0 Å². The van der Waals surface area contributed by atoms with Crippen molar-refractivity contribution in [2.24, 2.45) is 0 Å². The number of nitrogens with one attached hydrogen (secondary N) is 2. The van der Waals surface area contributed by atoms with Crippen molar-refractivity contribution in [3.8, 4) is 0 Å². The van der Waals surface area contributed by atoms with Crippen LogP contribution in [0.5, 0.6) is 0 Å². The van der Waals surface area contributed by atoms with Crippen molar-refractivity contribution in [2.45, 2.75) is 6.92 Å². The predicted octanol–water partition coefficient (Wildman–Crippen LogP) is 3.45. The lowest BCUT2D eigenvalue weighted by atomic mass is 10.2. The Morgan fingerprint density at radius 3 is 2.60 bits per heavy atom. The van der Waals surface area contributed by atoms with Crippen molar-refractivity contribution in [1.82, 2.24) is 15.2 Å². The summed E-state index contributed by atoms with van der Waals surface area (Å²) in [7, 11) is 1.35. The van der Waals surface area contributed by atoms with E-state index in [1.54, 1.807) is 18.2 Å². The molecule has 0 unspecified atom stereocenters. The quantitative estimate of drug-likeness (QED) is 0.690. The number of carbonyl (C=O) groups excluding carboxylic acids is 1. The smallest absolute Gasteiger partial charge is 0.337 e. The highest BCUT2D eigenvalue weighted by atomic mass is 16.5. The van der Waals surface area contributed by atoms with Gasteiger partial charge in [-0.25, -0.2) is 4.79 Å². The van der Waals surface area contributed by atoms with Crippen molar-refractivity contribution in [3.05, 3.63) is 65.9 Å². The first kappa shape index (κ1) is 16.4. The Labute approximate surface area is 145 Å². The second-order valence-corrected chi connectivity index (χ2v) is 5.35. The lowest BCUT2D eigenvalue weighted by Gasteiger charge is -2.08. The highest BCUT2D eigenvalue weighted by Gasteiger charge is 2.07. The standard InChI is InChI=1S/C18H17N5O2/c1-12-6-8-14(9-7-12)21-18-22-16(11-19-23-18)20-15-5-3-4-13(10-15)17(24)25-2/h3-11H,1-2H3,(H2,20,21,22,23). The van der Waals surface area contributed by atoms with Crippen LogP contribution in [-0.2, 0) is 4.74 Å². The summed E-state index contributed by atoms with van der Waals surface area (Å²) in [5.74, 6) is 0.482. The van der Waals surface area contributed by atoms with E-state index in [0.29, 0.717) is 23.0 Å². The molecule has 3 aromatic rings. The van der Waals surface area contributed by atoms with Crippen LogP contribution in [0.2, 0.25) is 0 Å². The number of ether oxygens (including phenoxy) is 1. The minimum Gasteiger partial charge on any atom is -0.465 e. The van der Waals surface area contributed by atoms with Crippen LogP contribution in [0, 0.1) is 6.92 Å². The summed E-state index contributed by atoms with van der Waals surface area (Å²) in [5, 5.41) is 14.1. The molecule has 0 fully saturated rings. The summed E-state index contributed by atoms with van der Waals surface area (Å²) >= 11 is 0. The van der Waals surface area contributed by atoms with Crippen LogP contribution in [0.25, 0.3) is 0 Å². The normalized spacial score (nSPS) is 10.2. The molecule has 0 bridgehead atoms. The fraction of sp³-hybridized carbons (Fsp3) is 0.111. The minimum atomic E-state index is -0.397. The molecule has 25 heavy (non-hydrogen) atoms. The molecule has 0 atom stereocenters. The number of hydrogen-bond acceptors (Lipinski definition) is 7. The zero-order valence-corrected chi connectivity index (χ0v) is 13.9. The summed E-state index contributed by atoms with van der Waals surface area (Å²) in [4.78, 5) is 16.0. The van der Waals surface area contributed by atoms with Crippen LogP contribution >= 0.6 is 0 Å². The number of hydrogen-bond donors (Lipinski definition) is 2. The summed E-state index contributed by atoms with van der Waals surface area (Å²) < 4.78 is 4.72. The maximum Gasteiger partial charge on any atom is 0.337 e. The molecule has 0 radical (unpaired) electrons. The number of rotatable bonds is 5. The first-order valence-corrected chi connectivity index (χ1v) is 7.63. The number of aryl methyl sites for hydroxylation is 1. The van der Waals surface area contributed by atoms with E-state index in [1.165, 1.54) is 18.9 Å². The topological polar surface area (TPSA) is 89.0 Å². The molecule has 126 valence electrons. The number of methoxy groups -OCH3 is 1. The number of aromatic nitrogens is 3. The Kier molecular flexibility index (Phi) is 4.84. The molecule has 2 N–H and O–H groups in total. The van der Waals surface area contributed by atoms with Gasteiger partial charge in [-0.2, -0.15) is 10.1 Å². The van der Waals surface area contributed by atoms with Gasteiger partial charge in [0.15, 0.2) is 5.82 Å². The lowest BCUT2D eigenvalue weighted by Crippen LogP contribution is -2.04. The Morgan fingerprint density at radius 1 is 1.04 bits per heavy atom. The zero-order chi connectivity index (χ0) is 17.6. The molecule has 0 amide bonds. The highest BCUT2D eigenvalue weighted by molar-refractivity contribution is 5.90. The Morgan fingerprint density at radius 2 is 1.84 bits per heavy atom. The van der Waals surface area contributed by atoms with Crippen molar-refractivity contribution in [2.75, 3.05) is 17.7 Å². The molecule has 0 aliphatic carbocycles. The maximum absolute atomic E-state index is 11.6. The second-order valence-electron chi connectivity index (χ2n) is 5.35. The summed E-state index contributed by atoms with van der Waals surface area (Å²) in [5.41, 5.74) is 3.19. The van der Waals surface area contributed by atoms with Crippen LogP contribution in [0.15, 0.2) is 54.7 Å². The molecule has 7 heteroatoms. The van der Waals surface area contributed by atoms with Gasteiger partial charge in [0.05, 0.1) is 18.9 Å². The highest BCUT2D eigenvalue weighted by Crippen LogP contribution is 2.18. The fourth-order valence-corrected chi connectivity index (χ4v) is 2.17. The van der Waals surface area contributed by atoms with Crippen molar-refractivity contribution in [3.63, 3.8) is 0 Å². The number of anilines is 4. The molecular weight excluding hydrogens is 318 g/mol. The minimum absolute atomic E-state index is 0.373. The average Bonchev–Trinajstić information content (AvgIpc) is 2.63. The molecule has 0 aliphatic heterocycles. The van der Waals surface area contributed by atoms with Crippen LogP contribution in [0.3, 0.4) is 0 Å². The van der Waals surface area contributed by atoms with Crippen LogP contribution in [-0.4, -0.2) is 28.3 Å². The molecular formula is C18H17N5O2. The molecule has 0 aliphatic rings. The van der Waals surface area contributed by atoms with Crippen molar-refractivity contribution in [1.29, 1.82) is 0 Å². The van der Waals surface area contributed by atoms with E-state index in [4.69, 9.17) is 4.74 Å².